The van der Waals surface area contributed by atoms with E-state index in [1.54, 1.807) is 0 Å². The Morgan fingerprint density at radius 2 is 2.27 bits per heavy atom. The van der Waals surface area contributed by atoms with Crippen LogP contribution in [0.3, 0.4) is 0 Å². The van der Waals surface area contributed by atoms with Gasteiger partial charge in [-0.1, -0.05) is 0 Å². The van der Waals surface area contributed by atoms with Gasteiger partial charge in [0.25, 0.3) is 0 Å². The molecule has 0 radical (unpaired) electrons. The molecule has 0 aliphatic carbocycles. The van der Waals surface area contributed by atoms with E-state index < -0.39 is 0 Å². The van der Waals surface area contributed by atoms with Crippen molar-refractivity contribution in [3.05, 3.63) is 11.8 Å². The summed E-state index contributed by atoms with van der Waals surface area (Å²) in [5, 5.41) is 10.0. The van der Waals surface area contributed by atoms with Crippen molar-refractivity contribution >= 4 is 11.8 Å². The third-order valence-electron chi connectivity index (χ3n) is 3.19. The minimum atomic E-state index is -0.349. The van der Waals surface area contributed by atoms with Crippen molar-refractivity contribution in [1.29, 1.82) is 0 Å². The number of ether oxygens (including phenoxy) is 1. The first-order valence-corrected chi connectivity index (χ1v) is 7.10. The fraction of sp³-hybridized carbons (Fsp3) is 0.833. The lowest BCUT2D eigenvalue weighted by atomic mass is 9.94. The maximum atomic E-state index is 10.0. The normalized spacial score (nSPS) is 25.5. The molecule has 1 unspecified atom stereocenters. The molecule has 1 N–H and O–H groups in total. The van der Waals surface area contributed by atoms with E-state index in [1.807, 2.05) is 11.8 Å². The molecule has 86 valence electrons. The number of aliphatic hydroxyl groups excluding tert-OH is 1. The van der Waals surface area contributed by atoms with Crippen molar-refractivity contribution in [3.63, 3.8) is 0 Å². The Kier molecular flexibility index (Phi) is 4.39. The second kappa shape index (κ2) is 5.80. The zero-order chi connectivity index (χ0) is 10.5. The number of allylic oxidation sites excluding steroid dienone is 1. The van der Waals surface area contributed by atoms with Gasteiger partial charge in [0.15, 0.2) is 0 Å². The van der Waals surface area contributed by atoms with E-state index in [0.29, 0.717) is 5.92 Å². The van der Waals surface area contributed by atoms with Crippen LogP contribution in [0.25, 0.3) is 0 Å². The van der Waals surface area contributed by atoms with Crippen LogP contribution < -0.4 is 0 Å². The summed E-state index contributed by atoms with van der Waals surface area (Å²) in [5.41, 5.74) is 0. The van der Waals surface area contributed by atoms with Crippen LogP contribution >= 0.6 is 11.8 Å². The summed E-state index contributed by atoms with van der Waals surface area (Å²) in [6.07, 6.45) is 7.28. The van der Waals surface area contributed by atoms with E-state index in [1.165, 1.54) is 24.3 Å². The fourth-order valence-electron chi connectivity index (χ4n) is 2.22. The molecule has 3 heteroatoms. The number of rotatable bonds is 3. The van der Waals surface area contributed by atoms with E-state index in [-0.39, 0.29) is 6.10 Å². The third kappa shape index (κ3) is 3.42. The predicted molar refractivity (Wildman–Crippen MR) is 63.9 cm³/mol. The Bertz CT molecular complexity index is 222. The lowest BCUT2D eigenvalue weighted by Crippen LogP contribution is -2.22. The van der Waals surface area contributed by atoms with Crippen molar-refractivity contribution in [1.82, 2.24) is 0 Å². The maximum Gasteiger partial charge on any atom is 0.120 e. The van der Waals surface area contributed by atoms with Crippen LogP contribution in [0.1, 0.15) is 32.1 Å². The summed E-state index contributed by atoms with van der Waals surface area (Å²) < 4.78 is 5.49. The molecule has 0 aromatic carbocycles. The van der Waals surface area contributed by atoms with Gasteiger partial charge in [-0.15, -0.1) is 0 Å². The first kappa shape index (κ1) is 11.3. The molecular weight excluding hydrogens is 208 g/mol. The van der Waals surface area contributed by atoms with Crippen LogP contribution in [0, 0.1) is 5.92 Å². The number of thioether (sulfide) groups is 1. The topological polar surface area (TPSA) is 29.5 Å². The Morgan fingerprint density at radius 1 is 1.47 bits per heavy atom. The molecule has 2 aliphatic heterocycles. The minimum absolute atomic E-state index is 0.349. The van der Waals surface area contributed by atoms with Crippen molar-refractivity contribution in [3.8, 4) is 0 Å². The Balaban J connectivity index is 1.79. The van der Waals surface area contributed by atoms with Crippen LogP contribution in [0.15, 0.2) is 11.8 Å². The largest absolute Gasteiger partial charge is 0.496 e. The van der Waals surface area contributed by atoms with E-state index in [0.717, 1.165) is 31.6 Å². The highest BCUT2D eigenvalue weighted by Crippen LogP contribution is 2.28. The van der Waals surface area contributed by atoms with Gasteiger partial charge >= 0.3 is 0 Å². The fourth-order valence-corrected chi connectivity index (χ4v) is 3.43. The van der Waals surface area contributed by atoms with E-state index in [4.69, 9.17) is 4.74 Å². The average Bonchev–Trinajstić information content (AvgIpc) is 2.31. The Morgan fingerprint density at radius 3 is 2.93 bits per heavy atom. The number of hydrogen-bond donors (Lipinski definition) is 1. The van der Waals surface area contributed by atoms with Gasteiger partial charge < -0.3 is 9.84 Å². The molecule has 15 heavy (non-hydrogen) atoms. The second-order valence-corrected chi connectivity index (χ2v) is 5.63. The molecule has 0 bridgehead atoms. The SMILES string of the molecule is OC(CC1CCSCC1)C1=CCCCO1. The highest BCUT2D eigenvalue weighted by atomic mass is 32.2. The van der Waals surface area contributed by atoms with Gasteiger partial charge in [-0.3, -0.25) is 0 Å². The predicted octanol–water partition coefficient (Wildman–Crippen LogP) is 2.57. The Labute approximate surface area is 96.1 Å². The van der Waals surface area contributed by atoms with Crippen molar-refractivity contribution < 1.29 is 9.84 Å². The van der Waals surface area contributed by atoms with E-state index >= 15 is 0 Å². The van der Waals surface area contributed by atoms with Crippen molar-refractivity contribution in [2.24, 2.45) is 5.92 Å². The first-order chi connectivity index (χ1) is 7.36. The van der Waals surface area contributed by atoms with Gasteiger partial charge in [-0.05, 0) is 55.6 Å². The summed E-state index contributed by atoms with van der Waals surface area (Å²) >= 11 is 2.03. The van der Waals surface area contributed by atoms with Crippen LogP contribution in [0.5, 0.6) is 0 Å². The van der Waals surface area contributed by atoms with Crippen LogP contribution in [-0.2, 0) is 4.74 Å². The quantitative estimate of drug-likeness (QED) is 0.805. The summed E-state index contributed by atoms with van der Waals surface area (Å²) in [4.78, 5) is 0. The standard InChI is InChI=1S/C12H20O2S/c13-11(12-3-1-2-6-14-12)9-10-4-7-15-8-5-10/h3,10-11,13H,1-2,4-9H2. The molecule has 2 aliphatic rings. The smallest absolute Gasteiger partial charge is 0.120 e. The van der Waals surface area contributed by atoms with Crippen molar-refractivity contribution in [2.75, 3.05) is 18.1 Å². The molecule has 2 heterocycles. The second-order valence-electron chi connectivity index (χ2n) is 4.40. The van der Waals surface area contributed by atoms with Gasteiger partial charge in [0.05, 0.1) is 6.61 Å². The molecule has 1 saturated heterocycles. The zero-order valence-corrected chi connectivity index (χ0v) is 9.97. The zero-order valence-electron chi connectivity index (χ0n) is 9.15. The monoisotopic (exact) mass is 228 g/mol. The van der Waals surface area contributed by atoms with Crippen LogP contribution in [0.4, 0.5) is 0 Å². The van der Waals surface area contributed by atoms with E-state index in [2.05, 4.69) is 6.08 Å². The molecular formula is C12H20O2S. The molecule has 1 fully saturated rings. The van der Waals surface area contributed by atoms with Crippen molar-refractivity contribution in [2.45, 2.75) is 38.2 Å². The molecule has 2 nitrogen and oxygen atoms in total. The summed E-state index contributed by atoms with van der Waals surface area (Å²) in [7, 11) is 0. The molecule has 0 aromatic heterocycles. The van der Waals surface area contributed by atoms with Gasteiger partial charge in [-0.25, -0.2) is 0 Å². The highest BCUT2D eigenvalue weighted by Gasteiger charge is 2.21. The summed E-state index contributed by atoms with van der Waals surface area (Å²) in [5.74, 6) is 4.06. The molecule has 2 rings (SSSR count). The third-order valence-corrected chi connectivity index (χ3v) is 4.24. The molecule has 1 atom stereocenters. The van der Waals surface area contributed by atoms with Gasteiger partial charge in [0, 0.05) is 0 Å². The molecule has 0 spiro atoms. The average molecular weight is 228 g/mol. The number of aliphatic hydroxyl groups is 1. The number of hydrogen-bond acceptors (Lipinski definition) is 3. The maximum absolute atomic E-state index is 10.0. The van der Waals surface area contributed by atoms with Gasteiger partial charge in [-0.2, -0.15) is 11.8 Å². The first-order valence-electron chi connectivity index (χ1n) is 5.95. The van der Waals surface area contributed by atoms with Gasteiger partial charge in [0.2, 0.25) is 0 Å². The molecule has 0 saturated carbocycles. The highest BCUT2D eigenvalue weighted by molar-refractivity contribution is 7.99. The summed E-state index contributed by atoms with van der Waals surface area (Å²) in [6, 6.07) is 0. The van der Waals surface area contributed by atoms with Gasteiger partial charge in [0.1, 0.15) is 11.9 Å². The Hall–Kier alpha value is -0.150. The summed E-state index contributed by atoms with van der Waals surface area (Å²) in [6.45, 7) is 0.781. The lowest BCUT2D eigenvalue weighted by molar-refractivity contribution is 0.0751. The molecule has 0 amide bonds. The van der Waals surface area contributed by atoms with Crippen LogP contribution in [0.2, 0.25) is 0 Å². The lowest BCUT2D eigenvalue weighted by Gasteiger charge is -2.26. The van der Waals surface area contributed by atoms with E-state index in [9.17, 15) is 5.11 Å². The van der Waals surface area contributed by atoms with Crippen LogP contribution in [-0.4, -0.2) is 29.3 Å². The molecule has 0 aromatic rings. The minimum Gasteiger partial charge on any atom is -0.496 e.